The molecule has 218 valence electrons. The molecule has 4 aromatic rings. The van der Waals surface area contributed by atoms with Gasteiger partial charge in [-0.1, -0.05) is 6.08 Å². The summed E-state index contributed by atoms with van der Waals surface area (Å²) in [6.07, 6.45) is 9.40. The van der Waals surface area contributed by atoms with Gasteiger partial charge in [0, 0.05) is 53.8 Å². The highest BCUT2D eigenvalue weighted by molar-refractivity contribution is 7.19. The smallest absolute Gasteiger partial charge is 0.290 e. The third-order valence-electron chi connectivity index (χ3n) is 8.04. The van der Waals surface area contributed by atoms with Crippen molar-refractivity contribution in [2.24, 2.45) is 12.0 Å². The normalized spacial score (nSPS) is 16.2. The van der Waals surface area contributed by atoms with Crippen LogP contribution in [-0.2, 0) is 33.0 Å². The van der Waals surface area contributed by atoms with E-state index >= 15 is 0 Å². The number of nitrogens with one attached hydrogen (secondary N) is 1. The van der Waals surface area contributed by atoms with Gasteiger partial charge >= 0.3 is 0 Å². The van der Waals surface area contributed by atoms with Gasteiger partial charge in [-0.3, -0.25) is 19.2 Å². The lowest BCUT2D eigenvalue weighted by atomic mass is 9.97. The van der Waals surface area contributed by atoms with Crippen LogP contribution in [0.3, 0.4) is 0 Å². The van der Waals surface area contributed by atoms with Crippen LogP contribution in [0.1, 0.15) is 41.5 Å². The lowest BCUT2D eigenvalue weighted by Gasteiger charge is -2.22. The van der Waals surface area contributed by atoms with E-state index in [0.717, 1.165) is 56.4 Å². The highest BCUT2D eigenvalue weighted by Crippen LogP contribution is 2.35. The standard InChI is InChI=1S/C30H34N8O3S/c1-5-20(18-12-24(29(40)36(4)15-18)33-26-13-19-16-35(3)10-11-37(19)34-26)23(17-39)28(31-2)38-30(41)27-22(14-32-38)21-8-6-7-9-25(21)42-27/h5,12-15,39H,2,6-11,16-17H2,1,3-4H3,(H,33,34)/b20-5-,28-23+. The highest BCUT2D eigenvalue weighted by Gasteiger charge is 2.23. The maximum Gasteiger partial charge on any atom is 0.290 e. The van der Waals surface area contributed by atoms with Crippen LogP contribution in [0, 0.1) is 0 Å². The molecule has 0 saturated heterocycles. The van der Waals surface area contributed by atoms with Crippen LogP contribution in [0.15, 0.2) is 50.8 Å². The second-order valence-corrected chi connectivity index (χ2v) is 11.9. The van der Waals surface area contributed by atoms with Crippen molar-refractivity contribution in [3.63, 3.8) is 0 Å². The fourth-order valence-corrected chi connectivity index (χ4v) is 7.22. The monoisotopic (exact) mass is 586 g/mol. The zero-order chi connectivity index (χ0) is 29.5. The van der Waals surface area contributed by atoms with Gasteiger partial charge in [0.15, 0.2) is 11.6 Å². The predicted octanol–water partition coefficient (Wildman–Crippen LogP) is 3.39. The molecular weight excluding hydrogens is 552 g/mol. The van der Waals surface area contributed by atoms with Crippen molar-refractivity contribution in [2.75, 3.05) is 25.5 Å². The number of likely N-dealkylation sites (N-methyl/N-ethyl adjacent to an activating group) is 1. The van der Waals surface area contributed by atoms with Crippen LogP contribution in [0.5, 0.6) is 0 Å². The van der Waals surface area contributed by atoms with Gasteiger partial charge in [0.05, 0.1) is 25.0 Å². The molecule has 0 aromatic carbocycles. The maximum absolute atomic E-state index is 13.7. The molecule has 12 heteroatoms. The van der Waals surface area contributed by atoms with Crippen LogP contribution < -0.4 is 16.4 Å². The van der Waals surface area contributed by atoms with E-state index in [0.29, 0.717) is 32.9 Å². The minimum atomic E-state index is -0.423. The SMILES string of the molecule is C=N/C(=C(CO)\C(=C/C)c1cc(Nc2cc3n(n2)CCN(C)C3)c(=O)n(C)c1)n1ncc2c3c(sc2c1=O)CCCC3. The zero-order valence-electron chi connectivity index (χ0n) is 24.1. The number of hydrogen-bond donors (Lipinski definition) is 2. The van der Waals surface area contributed by atoms with E-state index in [1.807, 2.05) is 23.7 Å². The lowest BCUT2D eigenvalue weighted by molar-refractivity contribution is 0.259. The van der Waals surface area contributed by atoms with Crippen molar-refractivity contribution in [3.05, 3.63) is 78.6 Å². The van der Waals surface area contributed by atoms with Crippen LogP contribution in [0.2, 0.25) is 0 Å². The van der Waals surface area contributed by atoms with Gasteiger partial charge < -0.3 is 15.0 Å². The molecule has 0 unspecified atom stereocenters. The Morgan fingerprint density at radius 2 is 2.00 bits per heavy atom. The second kappa shape index (κ2) is 11.3. The van der Waals surface area contributed by atoms with Crippen molar-refractivity contribution in [1.82, 2.24) is 29.0 Å². The molecule has 6 rings (SSSR count). The summed E-state index contributed by atoms with van der Waals surface area (Å²) in [5.74, 6) is 0.740. The number of hydrogen-bond acceptors (Lipinski definition) is 9. The Bertz CT molecular complexity index is 1890. The Morgan fingerprint density at radius 3 is 2.76 bits per heavy atom. The van der Waals surface area contributed by atoms with Crippen molar-refractivity contribution in [3.8, 4) is 0 Å². The van der Waals surface area contributed by atoms with Gasteiger partial charge in [0.25, 0.3) is 11.1 Å². The molecule has 4 aromatic heterocycles. The molecular formula is C30H34N8O3S. The molecule has 0 amide bonds. The summed E-state index contributed by atoms with van der Waals surface area (Å²) in [7, 11) is 3.74. The predicted molar refractivity (Wildman–Crippen MR) is 168 cm³/mol. The summed E-state index contributed by atoms with van der Waals surface area (Å²) in [5.41, 5.74) is 3.74. The van der Waals surface area contributed by atoms with Crippen LogP contribution in [0.4, 0.5) is 11.5 Å². The molecule has 0 radical (unpaired) electrons. The van der Waals surface area contributed by atoms with Gasteiger partial charge in [0.2, 0.25) is 0 Å². The van der Waals surface area contributed by atoms with E-state index in [4.69, 9.17) is 0 Å². The molecule has 5 heterocycles. The summed E-state index contributed by atoms with van der Waals surface area (Å²) < 4.78 is 5.29. The largest absolute Gasteiger partial charge is 0.392 e. The maximum atomic E-state index is 13.7. The Hall–Kier alpha value is -4.13. The molecule has 2 N–H and O–H groups in total. The van der Waals surface area contributed by atoms with E-state index < -0.39 is 6.61 Å². The first kappa shape index (κ1) is 28.0. The van der Waals surface area contributed by atoms with Gasteiger partial charge in [-0.25, -0.2) is 4.99 Å². The molecule has 1 aliphatic carbocycles. The van der Waals surface area contributed by atoms with Gasteiger partial charge in [0.1, 0.15) is 10.4 Å². The molecule has 42 heavy (non-hydrogen) atoms. The van der Waals surface area contributed by atoms with Crippen LogP contribution >= 0.6 is 11.3 Å². The summed E-state index contributed by atoms with van der Waals surface area (Å²) >= 11 is 1.52. The number of aliphatic imine (C=N–C) groups is 1. The number of aryl methyl sites for hydroxylation is 3. The number of thiophene rings is 1. The average molecular weight is 587 g/mol. The average Bonchev–Trinajstić information content (AvgIpc) is 3.57. The third kappa shape index (κ3) is 4.85. The zero-order valence-corrected chi connectivity index (χ0v) is 24.9. The second-order valence-electron chi connectivity index (χ2n) is 10.8. The Balaban J connectivity index is 1.42. The fraction of sp³-hybridized carbons (Fsp3) is 0.367. The summed E-state index contributed by atoms with van der Waals surface area (Å²) in [5, 5.41) is 23.8. The van der Waals surface area contributed by atoms with Gasteiger partial charge in [-0.05, 0) is 63.6 Å². The number of anilines is 2. The lowest BCUT2D eigenvalue weighted by Crippen LogP contribution is -2.30. The number of pyridine rings is 1. The van der Waals surface area contributed by atoms with Crippen molar-refractivity contribution in [2.45, 2.75) is 45.7 Å². The molecule has 11 nitrogen and oxygen atoms in total. The molecule has 0 atom stereocenters. The number of aliphatic hydroxyl groups excluding tert-OH is 1. The first-order chi connectivity index (χ1) is 20.3. The third-order valence-corrected chi connectivity index (χ3v) is 9.33. The number of rotatable bonds is 7. The number of allylic oxidation sites excluding steroid dienone is 1. The van der Waals surface area contributed by atoms with Gasteiger partial charge in [-0.2, -0.15) is 14.9 Å². The molecule has 1 aliphatic heterocycles. The quantitative estimate of drug-likeness (QED) is 0.251. The molecule has 0 bridgehead atoms. The van der Waals surface area contributed by atoms with E-state index in [-0.39, 0.29) is 16.9 Å². The molecule has 2 aliphatic rings. The Kier molecular flexibility index (Phi) is 7.52. The molecule has 0 spiro atoms. The molecule has 0 fully saturated rings. The topological polar surface area (TPSA) is 123 Å². The molecule has 0 saturated carbocycles. The van der Waals surface area contributed by atoms with Crippen molar-refractivity contribution < 1.29 is 5.11 Å². The van der Waals surface area contributed by atoms with Crippen LogP contribution in [-0.4, -0.2) is 61.1 Å². The Labute approximate surface area is 246 Å². The number of fused-ring (bicyclic) bond motifs is 4. The first-order valence-corrected chi connectivity index (χ1v) is 14.9. The highest BCUT2D eigenvalue weighted by atomic mass is 32.1. The van der Waals surface area contributed by atoms with Crippen molar-refractivity contribution in [1.29, 1.82) is 0 Å². The first-order valence-electron chi connectivity index (χ1n) is 14.1. The fourth-order valence-electron chi connectivity index (χ4n) is 5.93. The summed E-state index contributed by atoms with van der Waals surface area (Å²) in [6, 6.07) is 3.68. The van der Waals surface area contributed by atoms with E-state index in [9.17, 15) is 14.7 Å². The summed E-state index contributed by atoms with van der Waals surface area (Å²) in [6.45, 7) is 7.60. The minimum absolute atomic E-state index is 0.151. The Morgan fingerprint density at radius 1 is 1.19 bits per heavy atom. The van der Waals surface area contributed by atoms with Crippen molar-refractivity contribution >= 4 is 51.0 Å². The number of nitrogens with zero attached hydrogens (tertiary/aromatic N) is 7. The minimum Gasteiger partial charge on any atom is -0.392 e. The van der Waals surface area contributed by atoms with E-state index in [2.05, 4.69) is 39.2 Å². The van der Waals surface area contributed by atoms with Gasteiger partial charge in [-0.15, -0.1) is 11.3 Å². The number of aromatic nitrogens is 5. The van der Waals surface area contributed by atoms with E-state index in [1.54, 1.807) is 25.5 Å². The van der Waals surface area contributed by atoms with E-state index in [1.165, 1.54) is 31.0 Å². The van der Waals surface area contributed by atoms with Crippen LogP contribution in [0.25, 0.3) is 21.5 Å². The summed E-state index contributed by atoms with van der Waals surface area (Å²) in [4.78, 5) is 34.5. The number of aliphatic hydroxyl groups is 1.